The summed E-state index contributed by atoms with van der Waals surface area (Å²) in [5, 5.41) is 2.43. The smallest absolute Gasteiger partial charge is 0.273 e. The lowest BCUT2D eigenvalue weighted by molar-refractivity contribution is 0.0692. The Kier molecular flexibility index (Phi) is 6.36. The van der Waals surface area contributed by atoms with E-state index in [0.29, 0.717) is 11.8 Å². The van der Waals surface area contributed by atoms with Gasteiger partial charge < -0.3 is 4.90 Å². The van der Waals surface area contributed by atoms with Crippen molar-refractivity contribution < 1.29 is 22.0 Å². The predicted molar refractivity (Wildman–Crippen MR) is 118 cm³/mol. The van der Waals surface area contributed by atoms with E-state index in [-0.39, 0.29) is 32.1 Å². The standard InChI is InChI=1S/C22H21F2N3O3S2/c1-2-15-3-5-16(6-4-15)21-25-19(14-31-21)22(28)26-9-11-27(12-10-26)32(29,30)20-13-17(23)7-8-18(20)24/h3-8,13-14H,2,9-12H2,1H3. The lowest BCUT2D eigenvalue weighted by Gasteiger charge is -2.33. The third-order valence-corrected chi connectivity index (χ3v) is 8.17. The highest BCUT2D eigenvalue weighted by atomic mass is 32.2. The van der Waals surface area contributed by atoms with Crippen LogP contribution in [0.15, 0.2) is 52.7 Å². The number of carbonyl (C=O) groups is 1. The highest BCUT2D eigenvalue weighted by Crippen LogP contribution is 2.26. The molecule has 32 heavy (non-hydrogen) atoms. The summed E-state index contributed by atoms with van der Waals surface area (Å²) in [6, 6.07) is 10.3. The van der Waals surface area contributed by atoms with Crippen LogP contribution in [0.1, 0.15) is 23.0 Å². The summed E-state index contributed by atoms with van der Waals surface area (Å²) in [5.74, 6) is -2.12. The SMILES string of the molecule is CCc1ccc(-c2nc(C(=O)N3CCN(S(=O)(=O)c4cc(F)ccc4F)CC3)cs2)cc1. The van der Waals surface area contributed by atoms with Crippen LogP contribution in [0.3, 0.4) is 0 Å². The molecule has 1 fully saturated rings. The number of carbonyl (C=O) groups excluding carboxylic acids is 1. The first-order valence-electron chi connectivity index (χ1n) is 10.1. The predicted octanol–water partition coefficient (Wildman–Crippen LogP) is 3.80. The molecule has 0 saturated carbocycles. The molecule has 1 amide bonds. The van der Waals surface area contributed by atoms with Gasteiger partial charge in [-0.1, -0.05) is 31.2 Å². The van der Waals surface area contributed by atoms with Gasteiger partial charge in [0.05, 0.1) is 0 Å². The summed E-state index contributed by atoms with van der Waals surface area (Å²) in [4.78, 5) is 18.1. The molecule has 0 aliphatic carbocycles. The maximum absolute atomic E-state index is 14.0. The molecular formula is C22H21F2N3O3S2. The second-order valence-corrected chi connectivity index (χ2v) is 10.1. The molecule has 1 aliphatic heterocycles. The van der Waals surface area contributed by atoms with Crippen LogP contribution in [-0.4, -0.2) is 54.7 Å². The molecule has 168 valence electrons. The molecule has 2 heterocycles. The average Bonchev–Trinajstić information content (AvgIpc) is 3.30. The van der Waals surface area contributed by atoms with Gasteiger partial charge in [0, 0.05) is 37.1 Å². The molecule has 0 radical (unpaired) electrons. The zero-order valence-electron chi connectivity index (χ0n) is 17.3. The van der Waals surface area contributed by atoms with Crippen molar-refractivity contribution in [2.45, 2.75) is 18.2 Å². The van der Waals surface area contributed by atoms with Crippen molar-refractivity contribution in [2.24, 2.45) is 0 Å². The minimum Gasteiger partial charge on any atom is -0.335 e. The van der Waals surface area contributed by atoms with Crippen LogP contribution >= 0.6 is 11.3 Å². The average molecular weight is 478 g/mol. The Balaban J connectivity index is 1.44. The molecule has 0 N–H and O–H groups in total. The van der Waals surface area contributed by atoms with Crippen LogP contribution in [-0.2, 0) is 16.4 Å². The van der Waals surface area contributed by atoms with E-state index in [9.17, 15) is 22.0 Å². The largest absolute Gasteiger partial charge is 0.335 e. The Bertz CT molecular complexity index is 1240. The highest BCUT2D eigenvalue weighted by Gasteiger charge is 2.33. The van der Waals surface area contributed by atoms with Gasteiger partial charge in [0.25, 0.3) is 5.91 Å². The number of nitrogens with zero attached hydrogens (tertiary/aromatic N) is 3. The van der Waals surface area contributed by atoms with Crippen molar-refractivity contribution in [1.29, 1.82) is 0 Å². The zero-order valence-corrected chi connectivity index (χ0v) is 18.9. The first-order chi connectivity index (χ1) is 15.3. The van der Waals surface area contributed by atoms with Gasteiger partial charge in [0.15, 0.2) is 0 Å². The summed E-state index contributed by atoms with van der Waals surface area (Å²) >= 11 is 1.37. The lowest BCUT2D eigenvalue weighted by atomic mass is 10.1. The molecule has 1 saturated heterocycles. The second-order valence-electron chi connectivity index (χ2n) is 7.36. The van der Waals surface area contributed by atoms with Gasteiger partial charge in [-0.2, -0.15) is 4.31 Å². The number of halogens is 2. The molecule has 0 bridgehead atoms. The number of aromatic nitrogens is 1. The van der Waals surface area contributed by atoms with E-state index < -0.39 is 26.6 Å². The van der Waals surface area contributed by atoms with Crippen LogP contribution in [0.2, 0.25) is 0 Å². The molecule has 4 rings (SSSR count). The zero-order chi connectivity index (χ0) is 22.9. The van der Waals surface area contributed by atoms with Crippen molar-refractivity contribution >= 4 is 27.3 Å². The number of amides is 1. The Morgan fingerprint density at radius 1 is 1.06 bits per heavy atom. The van der Waals surface area contributed by atoms with E-state index in [1.807, 2.05) is 24.3 Å². The van der Waals surface area contributed by atoms with Crippen molar-refractivity contribution in [3.63, 3.8) is 0 Å². The van der Waals surface area contributed by atoms with Crippen LogP contribution in [0.5, 0.6) is 0 Å². The van der Waals surface area contributed by atoms with E-state index in [4.69, 9.17) is 0 Å². The molecular weight excluding hydrogens is 456 g/mol. The number of thiazole rings is 1. The van der Waals surface area contributed by atoms with Gasteiger partial charge in [-0.15, -0.1) is 11.3 Å². The van der Waals surface area contributed by atoms with E-state index in [1.165, 1.54) is 21.8 Å². The van der Waals surface area contributed by atoms with Crippen LogP contribution in [0.4, 0.5) is 8.78 Å². The molecule has 3 aromatic rings. The number of aryl methyl sites for hydroxylation is 1. The van der Waals surface area contributed by atoms with Crippen LogP contribution in [0, 0.1) is 11.6 Å². The quantitative estimate of drug-likeness (QED) is 0.561. The van der Waals surface area contributed by atoms with Gasteiger partial charge in [0.1, 0.15) is 27.2 Å². The van der Waals surface area contributed by atoms with Gasteiger partial charge >= 0.3 is 0 Å². The summed E-state index contributed by atoms with van der Waals surface area (Å²) in [6.45, 7) is 2.31. The second kappa shape index (κ2) is 9.05. The third-order valence-electron chi connectivity index (χ3n) is 5.37. The molecule has 1 aromatic heterocycles. The summed E-state index contributed by atoms with van der Waals surface area (Å²) in [6.07, 6.45) is 0.940. The van der Waals surface area contributed by atoms with Crippen LogP contribution < -0.4 is 0 Å². The number of benzene rings is 2. The number of hydrogen-bond acceptors (Lipinski definition) is 5. The van der Waals surface area contributed by atoms with E-state index in [1.54, 1.807) is 5.38 Å². The monoisotopic (exact) mass is 477 g/mol. The van der Waals surface area contributed by atoms with Gasteiger partial charge in [-0.05, 0) is 30.2 Å². The Hall–Kier alpha value is -2.69. The van der Waals surface area contributed by atoms with Crippen molar-refractivity contribution in [1.82, 2.24) is 14.2 Å². The van der Waals surface area contributed by atoms with E-state index >= 15 is 0 Å². The minimum atomic E-state index is -4.20. The van der Waals surface area contributed by atoms with Crippen LogP contribution in [0.25, 0.3) is 10.6 Å². The minimum absolute atomic E-state index is 0.0144. The van der Waals surface area contributed by atoms with Crippen molar-refractivity contribution in [2.75, 3.05) is 26.2 Å². The van der Waals surface area contributed by atoms with Gasteiger partial charge in [-0.3, -0.25) is 4.79 Å². The molecule has 0 spiro atoms. The Labute approximate surface area is 189 Å². The van der Waals surface area contributed by atoms with Gasteiger partial charge in [-0.25, -0.2) is 22.2 Å². The third kappa shape index (κ3) is 4.43. The molecule has 6 nitrogen and oxygen atoms in total. The Morgan fingerprint density at radius 2 is 1.75 bits per heavy atom. The van der Waals surface area contributed by atoms with Crippen molar-refractivity contribution in [3.8, 4) is 10.6 Å². The molecule has 0 unspecified atom stereocenters. The van der Waals surface area contributed by atoms with Crippen molar-refractivity contribution in [3.05, 3.63) is 70.7 Å². The van der Waals surface area contributed by atoms with Gasteiger partial charge in [0.2, 0.25) is 10.0 Å². The first-order valence-corrected chi connectivity index (χ1v) is 12.4. The topological polar surface area (TPSA) is 70.6 Å². The maximum Gasteiger partial charge on any atom is 0.273 e. The molecule has 1 aliphatic rings. The fraction of sp³-hybridized carbons (Fsp3) is 0.273. The molecule has 2 aromatic carbocycles. The first kappa shape index (κ1) is 22.5. The number of rotatable bonds is 5. The Morgan fingerprint density at radius 3 is 2.41 bits per heavy atom. The maximum atomic E-state index is 14.0. The summed E-state index contributed by atoms with van der Waals surface area (Å²) in [5.41, 5.74) is 2.45. The fourth-order valence-corrected chi connectivity index (χ4v) is 5.79. The molecule has 10 heteroatoms. The van der Waals surface area contributed by atoms with E-state index in [2.05, 4.69) is 11.9 Å². The number of sulfonamides is 1. The fourth-order valence-electron chi connectivity index (χ4n) is 3.50. The number of piperazine rings is 1. The number of hydrogen-bond donors (Lipinski definition) is 0. The normalized spacial score (nSPS) is 15.2. The highest BCUT2D eigenvalue weighted by molar-refractivity contribution is 7.89. The summed E-state index contributed by atoms with van der Waals surface area (Å²) in [7, 11) is -4.20. The lowest BCUT2D eigenvalue weighted by Crippen LogP contribution is -2.50. The summed E-state index contributed by atoms with van der Waals surface area (Å²) < 4.78 is 53.9. The molecule has 0 atom stereocenters. The van der Waals surface area contributed by atoms with E-state index in [0.717, 1.165) is 33.4 Å².